The molecule has 0 amide bonds. The predicted molar refractivity (Wildman–Crippen MR) is 39.2 cm³/mol. The van der Waals surface area contributed by atoms with Crippen molar-refractivity contribution in [3.05, 3.63) is 5.82 Å². The molecule has 2 atom stereocenters. The Hall–Kier alpha value is -1.17. The fourth-order valence-electron chi connectivity index (χ4n) is 0.803. The summed E-state index contributed by atoms with van der Waals surface area (Å²) in [5, 5.41) is 25.3. The average Bonchev–Trinajstić information content (AvgIpc) is 2.75. The number of rotatable bonds is 1. The number of aromatic nitrogens is 4. The second-order valence-electron chi connectivity index (χ2n) is 2.08. The molecular weight excluding hydrogens is 178 g/mol. The molecule has 0 aliphatic carbocycles. The lowest BCUT2D eigenvalue weighted by Gasteiger charge is -2.06. The van der Waals surface area contributed by atoms with Crippen LogP contribution in [0.25, 0.3) is 0 Å². The molecular formula is C4H4N7S-. The molecule has 8 heteroatoms. The molecule has 1 aliphatic heterocycles. The van der Waals surface area contributed by atoms with Gasteiger partial charge in [-0.1, -0.05) is 11.9 Å². The fourth-order valence-corrected chi connectivity index (χ4v) is 1.60. The van der Waals surface area contributed by atoms with Crippen LogP contribution in [-0.4, -0.2) is 21.7 Å². The van der Waals surface area contributed by atoms with Gasteiger partial charge in [0.05, 0.1) is 6.07 Å². The summed E-state index contributed by atoms with van der Waals surface area (Å²) in [5.41, 5.74) is 0. The normalized spacial score (nSPS) is 28.6. The quantitative estimate of drug-likeness (QED) is 0.507. The minimum Gasteiger partial charge on any atom is -0.333 e. The second-order valence-corrected chi connectivity index (χ2v) is 3.02. The monoisotopic (exact) mass is 182 g/mol. The molecule has 12 heavy (non-hydrogen) atoms. The van der Waals surface area contributed by atoms with Crippen molar-refractivity contribution in [3.63, 3.8) is 0 Å². The largest absolute Gasteiger partial charge is 0.333 e. The minimum atomic E-state index is -0.363. The molecule has 2 unspecified atom stereocenters. The number of hydrogen-bond donors (Lipinski definition) is 2. The maximum absolute atomic E-state index is 8.52. The highest BCUT2D eigenvalue weighted by Crippen LogP contribution is 2.24. The highest BCUT2D eigenvalue weighted by molar-refractivity contribution is 7.97. The maximum Gasteiger partial charge on any atom is 0.158 e. The Balaban J connectivity index is 2.06. The SMILES string of the molecule is N#CC1NSC(c2nnn[n-]2)N1. The molecule has 1 saturated heterocycles. The molecule has 1 aromatic rings. The summed E-state index contributed by atoms with van der Waals surface area (Å²) >= 11 is 1.34. The fraction of sp³-hybridized carbons (Fsp3) is 0.500. The van der Waals surface area contributed by atoms with E-state index in [4.69, 9.17) is 5.26 Å². The van der Waals surface area contributed by atoms with Gasteiger partial charge in [-0.3, -0.25) is 15.6 Å². The molecule has 2 heterocycles. The third-order valence-corrected chi connectivity index (χ3v) is 2.27. The van der Waals surface area contributed by atoms with Crippen molar-refractivity contribution in [2.24, 2.45) is 0 Å². The van der Waals surface area contributed by atoms with Gasteiger partial charge in [0.25, 0.3) is 0 Å². The van der Waals surface area contributed by atoms with Gasteiger partial charge in [-0.2, -0.15) is 10.5 Å². The summed E-state index contributed by atoms with van der Waals surface area (Å²) in [6, 6.07) is 2.02. The zero-order valence-electron chi connectivity index (χ0n) is 5.80. The van der Waals surface area contributed by atoms with E-state index in [1.54, 1.807) is 0 Å². The molecule has 0 spiro atoms. The van der Waals surface area contributed by atoms with E-state index in [0.29, 0.717) is 5.82 Å². The summed E-state index contributed by atoms with van der Waals surface area (Å²) in [7, 11) is 0. The smallest absolute Gasteiger partial charge is 0.158 e. The van der Waals surface area contributed by atoms with E-state index in [2.05, 4.69) is 30.7 Å². The molecule has 0 bridgehead atoms. The summed E-state index contributed by atoms with van der Waals surface area (Å²) in [5.74, 6) is 0.491. The van der Waals surface area contributed by atoms with Crippen LogP contribution in [0.2, 0.25) is 0 Å². The van der Waals surface area contributed by atoms with E-state index in [1.807, 2.05) is 6.07 Å². The number of nitrogens with one attached hydrogen (secondary N) is 2. The van der Waals surface area contributed by atoms with Crippen molar-refractivity contribution in [1.29, 1.82) is 5.26 Å². The van der Waals surface area contributed by atoms with E-state index in [1.165, 1.54) is 11.9 Å². The van der Waals surface area contributed by atoms with Crippen LogP contribution in [0.15, 0.2) is 0 Å². The molecule has 0 aromatic carbocycles. The third-order valence-electron chi connectivity index (χ3n) is 1.32. The van der Waals surface area contributed by atoms with Gasteiger partial charge in [-0.15, -0.1) is 0 Å². The Kier molecular flexibility index (Phi) is 1.91. The van der Waals surface area contributed by atoms with Crippen LogP contribution in [-0.2, 0) is 0 Å². The Morgan fingerprint density at radius 2 is 2.58 bits per heavy atom. The molecule has 7 nitrogen and oxygen atoms in total. The van der Waals surface area contributed by atoms with E-state index in [9.17, 15) is 0 Å². The molecule has 0 saturated carbocycles. The van der Waals surface area contributed by atoms with Crippen molar-refractivity contribution < 1.29 is 0 Å². The molecule has 2 rings (SSSR count). The van der Waals surface area contributed by atoms with Gasteiger partial charge in [0.1, 0.15) is 5.37 Å². The lowest BCUT2D eigenvalue weighted by molar-refractivity contribution is 0.607. The van der Waals surface area contributed by atoms with E-state index < -0.39 is 0 Å². The molecule has 0 radical (unpaired) electrons. The number of nitrogens with zero attached hydrogens (tertiary/aromatic N) is 5. The predicted octanol–water partition coefficient (Wildman–Crippen LogP) is -1.48. The van der Waals surface area contributed by atoms with Gasteiger partial charge in [-0.05, 0) is 0 Å². The Morgan fingerprint density at radius 3 is 3.17 bits per heavy atom. The molecule has 62 valence electrons. The van der Waals surface area contributed by atoms with Crippen molar-refractivity contribution in [2.75, 3.05) is 0 Å². The van der Waals surface area contributed by atoms with E-state index in [-0.39, 0.29) is 11.5 Å². The first-order chi connectivity index (χ1) is 5.90. The van der Waals surface area contributed by atoms with Crippen LogP contribution in [0.4, 0.5) is 0 Å². The van der Waals surface area contributed by atoms with Gasteiger partial charge < -0.3 is 5.10 Å². The van der Waals surface area contributed by atoms with Gasteiger partial charge >= 0.3 is 0 Å². The van der Waals surface area contributed by atoms with Crippen molar-refractivity contribution in [1.82, 2.24) is 30.7 Å². The van der Waals surface area contributed by atoms with E-state index >= 15 is 0 Å². The van der Waals surface area contributed by atoms with Gasteiger partial charge in [-0.25, -0.2) is 4.72 Å². The first-order valence-corrected chi connectivity index (χ1v) is 4.03. The molecule has 1 aliphatic rings. The zero-order chi connectivity index (χ0) is 8.39. The van der Waals surface area contributed by atoms with Crippen LogP contribution in [0.3, 0.4) is 0 Å². The number of hydrogen-bond acceptors (Lipinski definition) is 7. The number of tetrazole rings is 1. The lowest BCUT2D eigenvalue weighted by atomic mass is 10.5. The summed E-state index contributed by atoms with van der Waals surface area (Å²) < 4.78 is 2.85. The molecule has 2 N–H and O–H groups in total. The van der Waals surface area contributed by atoms with Crippen molar-refractivity contribution >= 4 is 11.9 Å². The first-order valence-electron chi connectivity index (χ1n) is 3.15. The Labute approximate surface area is 72.0 Å². The maximum atomic E-state index is 8.52. The van der Waals surface area contributed by atoms with Crippen LogP contribution in [0.5, 0.6) is 0 Å². The Bertz CT molecular complexity index is 289. The Morgan fingerprint density at radius 1 is 1.67 bits per heavy atom. The van der Waals surface area contributed by atoms with Crippen LogP contribution >= 0.6 is 11.9 Å². The number of nitriles is 1. The average molecular weight is 182 g/mol. The third kappa shape index (κ3) is 1.25. The van der Waals surface area contributed by atoms with Crippen LogP contribution < -0.4 is 15.1 Å². The van der Waals surface area contributed by atoms with Gasteiger partial charge in [0.2, 0.25) is 0 Å². The zero-order valence-corrected chi connectivity index (χ0v) is 6.62. The lowest BCUT2D eigenvalue weighted by Crippen LogP contribution is -2.29. The summed E-state index contributed by atoms with van der Waals surface area (Å²) in [6.07, 6.45) is -0.363. The van der Waals surface area contributed by atoms with Crippen LogP contribution in [0, 0.1) is 11.3 Å². The summed E-state index contributed by atoms with van der Waals surface area (Å²) in [6.45, 7) is 0. The molecule has 1 aromatic heterocycles. The van der Waals surface area contributed by atoms with E-state index in [0.717, 1.165) is 0 Å². The second kappa shape index (κ2) is 3.06. The topological polar surface area (TPSA) is 101 Å². The highest BCUT2D eigenvalue weighted by atomic mass is 32.2. The van der Waals surface area contributed by atoms with Gasteiger partial charge in [0, 0.05) is 5.82 Å². The van der Waals surface area contributed by atoms with Gasteiger partial charge in [0.15, 0.2) is 6.17 Å². The van der Waals surface area contributed by atoms with Crippen molar-refractivity contribution in [3.8, 4) is 6.07 Å². The highest BCUT2D eigenvalue weighted by Gasteiger charge is 2.24. The minimum absolute atomic E-state index is 0.135. The van der Waals surface area contributed by atoms with Crippen molar-refractivity contribution in [2.45, 2.75) is 11.5 Å². The first kappa shape index (κ1) is 7.48. The standard InChI is InChI=1S/C4H4N7S/c5-1-2-6-4(12-9-2)3-7-10-11-8-3/h2,4,6,9H/q-1. The summed E-state index contributed by atoms with van der Waals surface area (Å²) in [4.78, 5) is 0. The molecule has 1 fully saturated rings. The van der Waals surface area contributed by atoms with Crippen LogP contribution in [0.1, 0.15) is 11.2 Å².